The highest BCUT2D eigenvalue weighted by atomic mass is 19.4. The van der Waals surface area contributed by atoms with E-state index in [1.807, 2.05) is 0 Å². The number of esters is 1. The minimum atomic E-state index is -4.59. The van der Waals surface area contributed by atoms with Gasteiger partial charge in [-0.1, -0.05) is 0 Å². The van der Waals surface area contributed by atoms with Crippen LogP contribution in [0.3, 0.4) is 0 Å². The Hall–Kier alpha value is -2.85. The van der Waals surface area contributed by atoms with Gasteiger partial charge in [0, 0.05) is 18.4 Å². The van der Waals surface area contributed by atoms with Crippen molar-refractivity contribution in [2.24, 2.45) is 0 Å². The van der Waals surface area contributed by atoms with Gasteiger partial charge in [0.1, 0.15) is 6.54 Å². The van der Waals surface area contributed by atoms with Gasteiger partial charge in [0.15, 0.2) is 11.4 Å². The second kappa shape index (κ2) is 6.95. The van der Waals surface area contributed by atoms with Crippen molar-refractivity contribution in [3.05, 3.63) is 29.3 Å². The van der Waals surface area contributed by atoms with Crippen molar-refractivity contribution in [3.63, 3.8) is 0 Å². The minimum Gasteiger partial charge on any atom is -0.464 e. The maximum absolute atomic E-state index is 12.6. The van der Waals surface area contributed by atoms with Crippen molar-refractivity contribution in [1.82, 2.24) is 19.6 Å². The molecule has 0 saturated carbocycles. The normalized spacial score (nSPS) is 11.4. The topological polar surface area (TPSA) is 91.0 Å². The lowest BCUT2D eigenvalue weighted by Crippen LogP contribution is -2.21. The lowest BCUT2D eigenvalue weighted by molar-refractivity contribution is -0.141. The van der Waals surface area contributed by atoms with Gasteiger partial charge in [-0.25, -0.2) is 4.79 Å². The molecule has 0 radical (unpaired) electrons. The number of amides is 1. The molecular weight excluding hydrogens is 343 g/mol. The van der Waals surface area contributed by atoms with Crippen molar-refractivity contribution in [2.75, 3.05) is 12.4 Å². The van der Waals surface area contributed by atoms with Crippen LogP contribution in [0, 0.1) is 6.92 Å². The molecule has 0 aliphatic carbocycles. The zero-order valence-corrected chi connectivity index (χ0v) is 13.7. The third-order valence-electron chi connectivity index (χ3n) is 3.30. The number of hydrogen-bond acceptors (Lipinski definition) is 5. The number of nitrogens with zero attached hydrogens (tertiary/aromatic N) is 4. The summed E-state index contributed by atoms with van der Waals surface area (Å²) in [6.07, 6.45) is -3.16. The quantitative estimate of drug-likeness (QED) is 0.823. The molecule has 25 heavy (non-hydrogen) atoms. The van der Waals surface area contributed by atoms with E-state index in [4.69, 9.17) is 0 Å². The number of aryl methyl sites for hydroxylation is 2. The molecule has 1 N–H and O–H groups in total. The molecule has 0 aliphatic heterocycles. The molecule has 2 aromatic heterocycles. The summed E-state index contributed by atoms with van der Waals surface area (Å²) in [6.45, 7) is 3.20. The highest BCUT2D eigenvalue weighted by Gasteiger charge is 2.34. The smallest absolute Gasteiger partial charge is 0.435 e. The van der Waals surface area contributed by atoms with Crippen LogP contribution in [-0.4, -0.2) is 38.5 Å². The highest BCUT2D eigenvalue weighted by molar-refractivity contribution is 5.99. The van der Waals surface area contributed by atoms with Gasteiger partial charge in [-0.2, -0.15) is 23.4 Å². The van der Waals surface area contributed by atoms with Crippen LogP contribution in [0.4, 0.5) is 18.9 Å². The molecule has 0 bridgehead atoms. The number of methoxy groups -OCH3 is 1. The highest BCUT2D eigenvalue weighted by Crippen LogP contribution is 2.28. The minimum absolute atomic E-state index is 0.0918. The molecule has 0 fully saturated rings. The van der Waals surface area contributed by atoms with Crippen molar-refractivity contribution in [1.29, 1.82) is 0 Å². The monoisotopic (exact) mass is 359 g/mol. The number of aromatic nitrogens is 4. The molecule has 11 heteroatoms. The van der Waals surface area contributed by atoms with Crippen LogP contribution in [0.15, 0.2) is 12.3 Å². The third kappa shape index (κ3) is 4.17. The molecule has 2 rings (SSSR count). The number of hydrogen-bond donors (Lipinski definition) is 1. The van der Waals surface area contributed by atoms with E-state index in [0.717, 1.165) is 10.7 Å². The molecule has 0 spiro atoms. The van der Waals surface area contributed by atoms with Gasteiger partial charge in [-0.3, -0.25) is 14.2 Å². The molecule has 2 heterocycles. The number of nitrogens with one attached hydrogen (secondary N) is 1. The number of rotatable bonds is 5. The van der Waals surface area contributed by atoms with Crippen LogP contribution < -0.4 is 5.32 Å². The van der Waals surface area contributed by atoms with E-state index in [2.05, 4.69) is 20.3 Å². The summed E-state index contributed by atoms with van der Waals surface area (Å²) in [4.78, 5) is 23.8. The summed E-state index contributed by atoms with van der Waals surface area (Å²) < 4.78 is 44.9. The number of ether oxygens (including phenoxy) is 1. The van der Waals surface area contributed by atoms with E-state index in [1.54, 1.807) is 6.92 Å². The maximum Gasteiger partial charge on any atom is 0.435 e. The Morgan fingerprint density at radius 1 is 1.32 bits per heavy atom. The van der Waals surface area contributed by atoms with Crippen LogP contribution >= 0.6 is 0 Å². The average molecular weight is 359 g/mol. The number of halogens is 3. The predicted molar refractivity (Wildman–Crippen MR) is 79.8 cm³/mol. The number of anilines is 1. The lowest BCUT2D eigenvalue weighted by Gasteiger charge is -2.06. The summed E-state index contributed by atoms with van der Waals surface area (Å²) in [5.41, 5.74) is -0.878. The van der Waals surface area contributed by atoms with Crippen LogP contribution in [0.1, 0.15) is 28.8 Å². The summed E-state index contributed by atoms with van der Waals surface area (Å²) in [6, 6.07) is 0.849. The Morgan fingerprint density at radius 3 is 2.52 bits per heavy atom. The molecule has 0 unspecified atom stereocenters. The number of carbonyl (C=O) groups is 2. The Labute approximate surface area is 140 Å². The Balaban J connectivity index is 2.17. The first-order valence-corrected chi connectivity index (χ1v) is 7.23. The molecule has 0 aromatic carbocycles. The second-order valence-electron chi connectivity index (χ2n) is 5.11. The van der Waals surface area contributed by atoms with E-state index >= 15 is 0 Å². The molecule has 136 valence electrons. The van der Waals surface area contributed by atoms with E-state index in [1.165, 1.54) is 24.9 Å². The molecule has 1 amide bonds. The van der Waals surface area contributed by atoms with Gasteiger partial charge in [-0.15, -0.1) is 0 Å². The fraction of sp³-hybridized carbons (Fsp3) is 0.429. The summed E-state index contributed by atoms with van der Waals surface area (Å²) >= 11 is 0. The second-order valence-corrected chi connectivity index (χ2v) is 5.11. The molecule has 0 saturated heterocycles. The Bertz CT molecular complexity index is 794. The van der Waals surface area contributed by atoms with Crippen molar-refractivity contribution < 1.29 is 27.5 Å². The average Bonchev–Trinajstić information content (AvgIpc) is 3.10. The molecule has 8 nitrogen and oxygen atoms in total. The van der Waals surface area contributed by atoms with E-state index in [0.29, 0.717) is 6.54 Å². The van der Waals surface area contributed by atoms with Gasteiger partial charge in [0.05, 0.1) is 12.8 Å². The number of carbonyl (C=O) groups excluding carboxylic acids is 2. The Morgan fingerprint density at radius 2 is 2.00 bits per heavy atom. The Kier molecular flexibility index (Phi) is 5.14. The number of alkyl halides is 3. The van der Waals surface area contributed by atoms with Crippen LogP contribution in [-0.2, 0) is 28.8 Å². The first-order valence-electron chi connectivity index (χ1n) is 7.23. The lowest BCUT2D eigenvalue weighted by atomic mass is 10.3. The van der Waals surface area contributed by atoms with Crippen LogP contribution in [0.25, 0.3) is 0 Å². The van der Waals surface area contributed by atoms with Crippen LogP contribution in [0.5, 0.6) is 0 Å². The molecular formula is C14H16F3N5O3. The van der Waals surface area contributed by atoms with E-state index in [-0.39, 0.29) is 17.1 Å². The standard InChI is InChI=1S/C14H16F3N5O3/c1-4-21-6-9(12(20-21)13(24)25-3)18-11(23)7-22-8(2)5-10(19-22)14(15,16)17/h5-6H,4,7H2,1-3H3,(H,18,23). The predicted octanol–water partition coefficient (Wildman–Crippen LogP) is 1.85. The van der Waals surface area contributed by atoms with Crippen LogP contribution in [0.2, 0.25) is 0 Å². The van der Waals surface area contributed by atoms with E-state index in [9.17, 15) is 22.8 Å². The first-order chi connectivity index (χ1) is 11.7. The molecule has 2 aromatic rings. The van der Waals surface area contributed by atoms with Gasteiger partial charge in [-0.05, 0) is 19.9 Å². The molecule has 0 atom stereocenters. The summed E-state index contributed by atoms with van der Waals surface area (Å²) in [5.74, 6) is -1.39. The van der Waals surface area contributed by atoms with Gasteiger partial charge in [0.2, 0.25) is 5.91 Å². The largest absolute Gasteiger partial charge is 0.464 e. The van der Waals surface area contributed by atoms with Gasteiger partial charge >= 0.3 is 12.1 Å². The van der Waals surface area contributed by atoms with Crippen molar-refractivity contribution in [2.45, 2.75) is 33.1 Å². The molecule has 0 aliphatic rings. The van der Waals surface area contributed by atoms with Crippen molar-refractivity contribution >= 4 is 17.6 Å². The third-order valence-corrected chi connectivity index (χ3v) is 3.30. The van der Waals surface area contributed by atoms with Gasteiger partial charge < -0.3 is 10.1 Å². The maximum atomic E-state index is 12.6. The zero-order valence-electron chi connectivity index (χ0n) is 13.7. The van der Waals surface area contributed by atoms with Gasteiger partial charge in [0.25, 0.3) is 0 Å². The SMILES string of the molecule is CCn1cc(NC(=O)Cn2nc(C(F)(F)F)cc2C)c(C(=O)OC)n1. The van der Waals surface area contributed by atoms with E-state index < -0.39 is 30.3 Å². The fourth-order valence-electron chi connectivity index (χ4n) is 2.06. The first kappa shape index (κ1) is 18.5. The summed E-state index contributed by atoms with van der Waals surface area (Å²) in [5, 5.41) is 9.78. The summed E-state index contributed by atoms with van der Waals surface area (Å²) in [7, 11) is 1.17. The fourth-order valence-corrected chi connectivity index (χ4v) is 2.06. The zero-order chi connectivity index (χ0) is 18.8. The van der Waals surface area contributed by atoms with Crippen molar-refractivity contribution in [3.8, 4) is 0 Å².